The fourth-order valence-corrected chi connectivity index (χ4v) is 4.40. The van der Waals surface area contributed by atoms with Crippen LogP contribution >= 0.6 is 22.0 Å². The van der Waals surface area contributed by atoms with E-state index in [1.807, 2.05) is 0 Å². The molecule has 0 aromatic carbocycles. The van der Waals surface area contributed by atoms with E-state index in [4.69, 9.17) is 15.4 Å². The Labute approximate surface area is 121 Å². The lowest BCUT2D eigenvalue weighted by Gasteiger charge is -2.04. The maximum Gasteiger partial charge on any atom is 0.270 e. The number of ether oxygens (including phenoxy) is 1. The number of thiophene rings is 1. The summed E-state index contributed by atoms with van der Waals surface area (Å²) in [6.07, 6.45) is 0.400. The number of hydrogen-bond acceptors (Lipinski definition) is 6. The molecule has 0 fully saturated rings. The average Bonchev–Trinajstić information content (AvgIpc) is 2.75. The SMILES string of the molecule is COCCCS(=O)(=O)NCc1ccc(S(=O)(=O)Cl)s1. The van der Waals surface area contributed by atoms with E-state index in [0.29, 0.717) is 17.9 Å². The third-order valence-corrected chi connectivity index (χ3v) is 6.69. The minimum Gasteiger partial charge on any atom is -0.385 e. The van der Waals surface area contributed by atoms with Crippen LogP contribution in [0, 0.1) is 0 Å². The molecular formula is C9H14ClNO5S3. The predicted octanol–water partition coefficient (Wildman–Crippen LogP) is 1.13. The van der Waals surface area contributed by atoms with Gasteiger partial charge in [0, 0.05) is 35.8 Å². The molecular weight excluding hydrogens is 334 g/mol. The Morgan fingerprint density at radius 2 is 2.00 bits per heavy atom. The van der Waals surface area contributed by atoms with Crippen LogP contribution in [0.15, 0.2) is 16.3 Å². The second-order valence-corrected chi connectivity index (χ2v) is 9.53. The number of nitrogens with one attached hydrogen (secondary N) is 1. The van der Waals surface area contributed by atoms with Gasteiger partial charge in [0.15, 0.2) is 0 Å². The van der Waals surface area contributed by atoms with E-state index in [1.54, 1.807) is 0 Å². The summed E-state index contributed by atoms with van der Waals surface area (Å²) in [4.78, 5) is 0.578. The van der Waals surface area contributed by atoms with E-state index in [9.17, 15) is 16.8 Å². The lowest BCUT2D eigenvalue weighted by molar-refractivity contribution is 0.199. The van der Waals surface area contributed by atoms with Crippen LogP contribution in [0.4, 0.5) is 0 Å². The predicted molar refractivity (Wildman–Crippen MR) is 74.5 cm³/mol. The summed E-state index contributed by atoms with van der Waals surface area (Å²) in [5.41, 5.74) is 0. The first-order valence-electron chi connectivity index (χ1n) is 5.24. The van der Waals surface area contributed by atoms with Crippen molar-refractivity contribution in [2.45, 2.75) is 17.2 Å². The smallest absolute Gasteiger partial charge is 0.270 e. The van der Waals surface area contributed by atoms with Crippen LogP contribution in [0.1, 0.15) is 11.3 Å². The largest absolute Gasteiger partial charge is 0.385 e. The van der Waals surface area contributed by atoms with Gasteiger partial charge in [-0.05, 0) is 18.6 Å². The van der Waals surface area contributed by atoms with Gasteiger partial charge in [-0.25, -0.2) is 21.6 Å². The first kappa shape index (κ1) is 16.9. The monoisotopic (exact) mass is 347 g/mol. The zero-order chi connectivity index (χ0) is 14.5. The first-order chi connectivity index (χ1) is 8.74. The molecule has 0 bridgehead atoms. The molecule has 0 aliphatic heterocycles. The molecule has 19 heavy (non-hydrogen) atoms. The highest BCUT2D eigenvalue weighted by Crippen LogP contribution is 2.24. The van der Waals surface area contributed by atoms with Crippen LogP contribution in [0.3, 0.4) is 0 Å². The van der Waals surface area contributed by atoms with Gasteiger partial charge in [0.05, 0.1) is 5.75 Å². The highest BCUT2D eigenvalue weighted by molar-refractivity contribution is 8.15. The summed E-state index contributed by atoms with van der Waals surface area (Å²) in [7, 11) is -0.464. The second kappa shape index (κ2) is 7.00. The molecule has 0 amide bonds. The van der Waals surface area contributed by atoms with Gasteiger partial charge in [-0.1, -0.05) is 0 Å². The quantitative estimate of drug-likeness (QED) is 0.562. The zero-order valence-corrected chi connectivity index (χ0v) is 13.3. The summed E-state index contributed by atoms with van der Waals surface area (Å²) in [6.45, 7) is 0.418. The average molecular weight is 348 g/mol. The summed E-state index contributed by atoms with van der Waals surface area (Å²) < 4.78 is 52.4. The number of halogens is 1. The molecule has 0 atom stereocenters. The van der Waals surface area contributed by atoms with Crippen LogP contribution in [0.25, 0.3) is 0 Å². The third-order valence-electron chi connectivity index (χ3n) is 2.11. The Balaban J connectivity index is 2.55. The lowest BCUT2D eigenvalue weighted by atomic mass is 10.5. The number of methoxy groups -OCH3 is 1. The Morgan fingerprint density at radius 1 is 1.32 bits per heavy atom. The van der Waals surface area contributed by atoms with E-state index in [0.717, 1.165) is 11.3 Å². The molecule has 1 N–H and O–H groups in total. The first-order valence-corrected chi connectivity index (χ1v) is 10.0. The Bertz CT molecular complexity index is 608. The molecule has 0 saturated carbocycles. The Hall–Kier alpha value is -0.190. The van der Waals surface area contributed by atoms with Gasteiger partial charge >= 0.3 is 0 Å². The minimum atomic E-state index is -3.76. The van der Waals surface area contributed by atoms with E-state index < -0.39 is 19.1 Å². The zero-order valence-electron chi connectivity index (χ0n) is 10.1. The fourth-order valence-electron chi connectivity index (χ4n) is 1.23. The van der Waals surface area contributed by atoms with Gasteiger partial charge in [0.2, 0.25) is 10.0 Å². The standard InChI is InChI=1S/C9H14ClNO5S3/c1-16-5-2-6-18(12,13)11-7-8-3-4-9(17-8)19(10,14)15/h3-4,11H,2,5-7H2,1H3. The Kier molecular flexibility index (Phi) is 6.21. The van der Waals surface area contributed by atoms with E-state index in [2.05, 4.69) is 4.72 Å². The fraction of sp³-hybridized carbons (Fsp3) is 0.556. The summed E-state index contributed by atoms with van der Waals surface area (Å²) in [5, 5.41) is 0. The van der Waals surface area contributed by atoms with Crippen molar-refractivity contribution in [3.8, 4) is 0 Å². The maximum atomic E-state index is 11.6. The van der Waals surface area contributed by atoms with Crippen LogP contribution in [0.2, 0.25) is 0 Å². The van der Waals surface area contributed by atoms with E-state index >= 15 is 0 Å². The van der Waals surface area contributed by atoms with Crippen molar-refractivity contribution in [1.29, 1.82) is 0 Å². The van der Waals surface area contributed by atoms with Crippen molar-refractivity contribution < 1.29 is 21.6 Å². The molecule has 1 aromatic heterocycles. The van der Waals surface area contributed by atoms with Crippen LogP contribution in [-0.2, 0) is 30.4 Å². The summed E-state index contributed by atoms with van der Waals surface area (Å²) in [5.74, 6) is -0.0348. The van der Waals surface area contributed by atoms with Crippen molar-refractivity contribution in [3.05, 3.63) is 17.0 Å². The van der Waals surface area contributed by atoms with Crippen molar-refractivity contribution in [2.75, 3.05) is 19.5 Å². The van der Waals surface area contributed by atoms with Gasteiger partial charge in [0.25, 0.3) is 9.05 Å². The molecule has 110 valence electrons. The normalized spacial score (nSPS) is 12.7. The molecule has 0 aliphatic rings. The van der Waals surface area contributed by atoms with E-state index in [1.165, 1.54) is 19.2 Å². The van der Waals surface area contributed by atoms with Crippen LogP contribution in [0.5, 0.6) is 0 Å². The highest BCUT2D eigenvalue weighted by atomic mass is 35.7. The molecule has 0 aliphatic carbocycles. The molecule has 1 rings (SSSR count). The lowest BCUT2D eigenvalue weighted by Crippen LogP contribution is -2.26. The van der Waals surface area contributed by atoms with Gasteiger partial charge in [-0.2, -0.15) is 0 Å². The molecule has 6 nitrogen and oxygen atoms in total. The number of hydrogen-bond donors (Lipinski definition) is 1. The van der Waals surface area contributed by atoms with Gasteiger partial charge < -0.3 is 4.74 Å². The van der Waals surface area contributed by atoms with Crippen LogP contribution < -0.4 is 4.72 Å². The molecule has 1 aromatic rings. The van der Waals surface area contributed by atoms with Crippen LogP contribution in [-0.4, -0.2) is 36.3 Å². The summed E-state index contributed by atoms with van der Waals surface area (Å²) >= 11 is 0.937. The van der Waals surface area contributed by atoms with Crippen molar-refractivity contribution in [3.63, 3.8) is 0 Å². The van der Waals surface area contributed by atoms with E-state index in [-0.39, 0.29) is 16.5 Å². The second-order valence-electron chi connectivity index (χ2n) is 3.64. The molecule has 0 saturated heterocycles. The maximum absolute atomic E-state index is 11.6. The van der Waals surface area contributed by atoms with Crippen molar-refractivity contribution in [2.24, 2.45) is 0 Å². The van der Waals surface area contributed by atoms with Crippen molar-refractivity contribution >= 4 is 41.1 Å². The molecule has 0 unspecified atom stereocenters. The topological polar surface area (TPSA) is 89.5 Å². The number of sulfonamides is 1. The number of rotatable bonds is 8. The summed E-state index contributed by atoms with van der Waals surface area (Å²) in [6, 6.07) is 2.87. The Morgan fingerprint density at radius 3 is 2.53 bits per heavy atom. The third kappa shape index (κ3) is 6.19. The molecule has 10 heteroatoms. The molecule has 0 radical (unpaired) electrons. The minimum absolute atomic E-state index is 0.00254. The van der Waals surface area contributed by atoms with Gasteiger partial charge in [-0.15, -0.1) is 11.3 Å². The van der Waals surface area contributed by atoms with Gasteiger partial charge in [-0.3, -0.25) is 0 Å². The molecule has 0 spiro atoms. The molecule has 1 heterocycles. The highest BCUT2D eigenvalue weighted by Gasteiger charge is 2.15. The van der Waals surface area contributed by atoms with Crippen molar-refractivity contribution in [1.82, 2.24) is 4.72 Å². The van der Waals surface area contributed by atoms with Gasteiger partial charge in [0.1, 0.15) is 4.21 Å².